The molecule has 2 N–H and O–H groups in total. The number of fused-ring (bicyclic) bond motifs is 1. The maximum atomic E-state index is 12.1. The molecule has 112 valence electrons. The number of ether oxygens (including phenoxy) is 1. The van der Waals surface area contributed by atoms with Crippen molar-refractivity contribution in [2.45, 2.75) is 26.2 Å². The number of amides is 1. The van der Waals surface area contributed by atoms with Gasteiger partial charge in [0.05, 0.1) is 12.2 Å². The van der Waals surface area contributed by atoms with Crippen LogP contribution in [0.1, 0.15) is 34.1 Å². The zero-order valence-corrected chi connectivity index (χ0v) is 12.3. The van der Waals surface area contributed by atoms with Gasteiger partial charge in [-0.3, -0.25) is 4.79 Å². The molecule has 2 rings (SSSR count). The standard InChI is InChI=1S/C14H15NO5S/c1-2-20-14(19)12-8-4-3-5-9(8)21-13(12)15-10(16)6-7-11(17)18/h6-7H,2-5H2,1H3,(H,15,16)(H,17,18)/b7-6-. The Bertz CT molecular complexity index is 617. The summed E-state index contributed by atoms with van der Waals surface area (Å²) in [6.07, 6.45) is 4.33. The van der Waals surface area contributed by atoms with Crippen LogP contribution in [0.25, 0.3) is 0 Å². The lowest BCUT2D eigenvalue weighted by Crippen LogP contribution is -2.13. The zero-order chi connectivity index (χ0) is 15.4. The Kier molecular flexibility index (Phi) is 4.74. The van der Waals surface area contributed by atoms with Gasteiger partial charge in [0, 0.05) is 17.0 Å². The van der Waals surface area contributed by atoms with Crippen LogP contribution in [0.5, 0.6) is 0 Å². The molecule has 7 heteroatoms. The number of rotatable bonds is 5. The number of carbonyl (C=O) groups excluding carboxylic acids is 2. The second-order valence-corrected chi connectivity index (χ2v) is 5.55. The fourth-order valence-corrected chi connectivity index (χ4v) is 3.49. The molecule has 6 nitrogen and oxygen atoms in total. The highest BCUT2D eigenvalue weighted by molar-refractivity contribution is 7.17. The fourth-order valence-electron chi connectivity index (χ4n) is 2.21. The summed E-state index contributed by atoms with van der Waals surface area (Å²) in [6.45, 7) is 1.98. The second kappa shape index (κ2) is 6.53. The van der Waals surface area contributed by atoms with Gasteiger partial charge in [0.2, 0.25) is 5.91 Å². The van der Waals surface area contributed by atoms with Gasteiger partial charge in [0.1, 0.15) is 5.00 Å². The smallest absolute Gasteiger partial charge is 0.341 e. The van der Waals surface area contributed by atoms with Crippen LogP contribution in [0, 0.1) is 0 Å². The first-order valence-electron chi connectivity index (χ1n) is 6.56. The summed E-state index contributed by atoms with van der Waals surface area (Å²) < 4.78 is 5.04. The lowest BCUT2D eigenvalue weighted by molar-refractivity contribution is -0.131. The predicted molar refractivity (Wildman–Crippen MR) is 77.7 cm³/mol. The molecule has 0 atom stereocenters. The Hall–Kier alpha value is -2.15. The average Bonchev–Trinajstić information content (AvgIpc) is 2.96. The van der Waals surface area contributed by atoms with Crippen molar-refractivity contribution in [1.29, 1.82) is 0 Å². The van der Waals surface area contributed by atoms with E-state index in [0.717, 1.165) is 41.9 Å². The van der Waals surface area contributed by atoms with Crippen molar-refractivity contribution < 1.29 is 24.2 Å². The van der Waals surface area contributed by atoms with Gasteiger partial charge >= 0.3 is 11.9 Å². The van der Waals surface area contributed by atoms with E-state index in [1.165, 1.54) is 11.3 Å². The lowest BCUT2D eigenvalue weighted by Gasteiger charge is -2.06. The van der Waals surface area contributed by atoms with E-state index in [9.17, 15) is 14.4 Å². The van der Waals surface area contributed by atoms with Crippen molar-refractivity contribution in [3.05, 3.63) is 28.2 Å². The molecule has 1 aromatic heterocycles. The van der Waals surface area contributed by atoms with Crippen molar-refractivity contribution in [2.75, 3.05) is 11.9 Å². The average molecular weight is 309 g/mol. The Morgan fingerprint density at radius 3 is 2.76 bits per heavy atom. The quantitative estimate of drug-likeness (QED) is 0.641. The number of aryl methyl sites for hydroxylation is 1. The van der Waals surface area contributed by atoms with Crippen LogP contribution < -0.4 is 5.32 Å². The van der Waals surface area contributed by atoms with Crippen molar-refractivity contribution >= 4 is 34.2 Å². The third-order valence-corrected chi connectivity index (χ3v) is 4.22. The molecule has 0 spiro atoms. The van der Waals surface area contributed by atoms with Crippen LogP contribution >= 0.6 is 11.3 Å². The zero-order valence-electron chi connectivity index (χ0n) is 11.5. The molecule has 1 aliphatic rings. The van der Waals surface area contributed by atoms with E-state index < -0.39 is 17.8 Å². The van der Waals surface area contributed by atoms with Crippen molar-refractivity contribution in [1.82, 2.24) is 0 Å². The summed E-state index contributed by atoms with van der Waals surface area (Å²) >= 11 is 1.35. The SMILES string of the molecule is CCOC(=O)c1c(NC(=O)/C=C\C(=O)O)sc2c1CCC2. The molecule has 1 amide bonds. The van der Waals surface area contributed by atoms with Gasteiger partial charge < -0.3 is 15.2 Å². The minimum Gasteiger partial charge on any atom is -0.478 e. The summed E-state index contributed by atoms with van der Waals surface area (Å²) in [5, 5.41) is 11.5. The monoisotopic (exact) mass is 309 g/mol. The molecule has 0 saturated heterocycles. The van der Waals surface area contributed by atoms with Crippen LogP contribution in [0.4, 0.5) is 5.00 Å². The third-order valence-electron chi connectivity index (χ3n) is 3.01. The van der Waals surface area contributed by atoms with Crippen LogP contribution in [-0.2, 0) is 27.2 Å². The second-order valence-electron chi connectivity index (χ2n) is 4.44. The highest BCUT2D eigenvalue weighted by Crippen LogP contribution is 2.39. The molecule has 1 aromatic rings. The van der Waals surface area contributed by atoms with Gasteiger partial charge in [0.25, 0.3) is 0 Å². The number of hydrogen-bond acceptors (Lipinski definition) is 5. The summed E-state index contributed by atoms with van der Waals surface area (Å²) in [4.78, 5) is 35.2. The minimum absolute atomic E-state index is 0.260. The van der Waals surface area contributed by atoms with E-state index in [2.05, 4.69) is 5.32 Å². The van der Waals surface area contributed by atoms with Crippen LogP contribution in [0.2, 0.25) is 0 Å². The van der Waals surface area contributed by atoms with E-state index in [4.69, 9.17) is 9.84 Å². The van der Waals surface area contributed by atoms with E-state index in [-0.39, 0.29) is 6.61 Å². The van der Waals surface area contributed by atoms with Crippen molar-refractivity contribution in [2.24, 2.45) is 0 Å². The summed E-state index contributed by atoms with van der Waals surface area (Å²) in [5.74, 6) is -2.23. The molecule has 0 unspecified atom stereocenters. The maximum absolute atomic E-state index is 12.1. The number of carboxylic acids is 1. The van der Waals surface area contributed by atoms with Crippen LogP contribution in [-0.4, -0.2) is 29.6 Å². The van der Waals surface area contributed by atoms with Crippen LogP contribution in [0.15, 0.2) is 12.2 Å². The molecular weight excluding hydrogens is 294 g/mol. The van der Waals surface area contributed by atoms with Gasteiger partial charge in [-0.15, -0.1) is 11.3 Å². The van der Waals surface area contributed by atoms with E-state index in [0.29, 0.717) is 10.6 Å². The molecule has 0 radical (unpaired) electrons. The summed E-state index contributed by atoms with van der Waals surface area (Å²) in [6, 6.07) is 0. The fraction of sp³-hybridized carbons (Fsp3) is 0.357. The lowest BCUT2D eigenvalue weighted by atomic mass is 10.1. The number of esters is 1. The Morgan fingerprint density at radius 1 is 1.33 bits per heavy atom. The molecule has 0 bridgehead atoms. The molecule has 0 saturated carbocycles. The van der Waals surface area contributed by atoms with Gasteiger partial charge in [-0.1, -0.05) is 0 Å². The highest BCUT2D eigenvalue weighted by Gasteiger charge is 2.27. The minimum atomic E-state index is -1.20. The van der Waals surface area contributed by atoms with Gasteiger partial charge in [-0.05, 0) is 31.7 Å². The summed E-state index contributed by atoms with van der Waals surface area (Å²) in [5.41, 5.74) is 1.35. The third kappa shape index (κ3) is 3.49. The molecule has 0 fully saturated rings. The Morgan fingerprint density at radius 2 is 2.10 bits per heavy atom. The molecule has 21 heavy (non-hydrogen) atoms. The largest absolute Gasteiger partial charge is 0.478 e. The molecule has 0 aromatic carbocycles. The Labute approximate surface area is 125 Å². The predicted octanol–water partition coefficient (Wildman–Crippen LogP) is 1.99. The van der Waals surface area contributed by atoms with Gasteiger partial charge in [-0.25, -0.2) is 9.59 Å². The van der Waals surface area contributed by atoms with Crippen LogP contribution in [0.3, 0.4) is 0 Å². The highest BCUT2D eigenvalue weighted by atomic mass is 32.1. The van der Waals surface area contributed by atoms with Crippen molar-refractivity contribution in [3.8, 4) is 0 Å². The number of nitrogens with one attached hydrogen (secondary N) is 1. The van der Waals surface area contributed by atoms with E-state index in [1.807, 2.05) is 0 Å². The molecular formula is C14H15NO5S. The topological polar surface area (TPSA) is 92.7 Å². The molecule has 1 heterocycles. The summed E-state index contributed by atoms with van der Waals surface area (Å²) in [7, 11) is 0. The first-order chi connectivity index (χ1) is 10.0. The van der Waals surface area contributed by atoms with E-state index >= 15 is 0 Å². The van der Waals surface area contributed by atoms with Gasteiger partial charge in [-0.2, -0.15) is 0 Å². The first-order valence-corrected chi connectivity index (χ1v) is 7.38. The van der Waals surface area contributed by atoms with E-state index in [1.54, 1.807) is 6.92 Å². The molecule has 0 aliphatic heterocycles. The number of anilines is 1. The number of carbonyl (C=O) groups is 3. The first kappa shape index (κ1) is 15.2. The normalized spacial score (nSPS) is 13.2. The number of hydrogen-bond donors (Lipinski definition) is 2. The molecule has 1 aliphatic carbocycles. The van der Waals surface area contributed by atoms with Gasteiger partial charge in [0.15, 0.2) is 0 Å². The van der Waals surface area contributed by atoms with Crippen molar-refractivity contribution in [3.63, 3.8) is 0 Å². The Balaban J connectivity index is 2.25. The maximum Gasteiger partial charge on any atom is 0.341 e. The number of aliphatic carboxylic acids is 1. The number of thiophene rings is 1. The number of carboxylic acid groups (broad SMARTS) is 1.